The van der Waals surface area contributed by atoms with E-state index in [1.54, 1.807) is 12.3 Å². The molecule has 0 aromatic carbocycles. The minimum atomic E-state index is -0.0243. The molecule has 3 nitrogen and oxygen atoms in total. The van der Waals surface area contributed by atoms with Crippen molar-refractivity contribution in [2.45, 2.75) is 32.7 Å². The number of rotatable bonds is 6. The zero-order valence-corrected chi connectivity index (χ0v) is 13.3. The van der Waals surface area contributed by atoms with Crippen molar-refractivity contribution in [3.05, 3.63) is 23.9 Å². The summed E-state index contributed by atoms with van der Waals surface area (Å²) in [4.78, 5) is 16.4. The van der Waals surface area contributed by atoms with Gasteiger partial charge in [0.1, 0.15) is 5.03 Å². The van der Waals surface area contributed by atoms with Gasteiger partial charge in [-0.15, -0.1) is 11.8 Å². The maximum atomic E-state index is 12.2. The lowest BCUT2D eigenvalue weighted by atomic mass is 9.85. The number of hydrogen-bond donors (Lipinski definition) is 1. The monoisotopic (exact) mass is 280 g/mol. The van der Waals surface area contributed by atoms with Gasteiger partial charge in [0.2, 0.25) is 0 Å². The van der Waals surface area contributed by atoms with Crippen LogP contribution in [0.4, 0.5) is 0 Å². The summed E-state index contributed by atoms with van der Waals surface area (Å²) >= 11 is 1.50. The smallest absolute Gasteiger partial charge is 0.254 e. The predicted molar refractivity (Wildman–Crippen MR) is 81.5 cm³/mol. The van der Waals surface area contributed by atoms with Gasteiger partial charge >= 0.3 is 0 Å². The van der Waals surface area contributed by atoms with E-state index >= 15 is 0 Å². The highest BCUT2D eigenvalue weighted by atomic mass is 32.2. The maximum Gasteiger partial charge on any atom is 0.254 e. The van der Waals surface area contributed by atoms with E-state index in [0.29, 0.717) is 23.3 Å². The van der Waals surface area contributed by atoms with Crippen LogP contribution in [-0.2, 0) is 0 Å². The van der Waals surface area contributed by atoms with Crippen molar-refractivity contribution in [2.75, 3.05) is 12.8 Å². The van der Waals surface area contributed by atoms with E-state index in [0.717, 1.165) is 11.6 Å². The average molecular weight is 280 g/mol. The molecule has 0 radical (unpaired) electrons. The largest absolute Gasteiger partial charge is 0.352 e. The number of amides is 1. The average Bonchev–Trinajstić information content (AvgIpc) is 2.37. The first kappa shape index (κ1) is 16.0. The van der Waals surface area contributed by atoms with Crippen LogP contribution in [0.25, 0.3) is 0 Å². The standard InChI is InChI=1S/C15H24N2OS/c1-10(2)13(11(3)4)9-17-14(18)12-7-6-8-16-15(12)19-5/h6-8,10-11,13H,9H2,1-5H3,(H,17,18). The summed E-state index contributed by atoms with van der Waals surface area (Å²) in [5.41, 5.74) is 0.668. The zero-order chi connectivity index (χ0) is 14.4. The van der Waals surface area contributed by atoms with Gasteiger partial charge < -0.3 is 5.32 Å². The number of carbonyl (C=O) groups excluding carboxylic acids is 1. The number of aromatic nitrogens is 1. The molecule has 106 valence electrons. The molecule has 1 amide bonds. The van der Waals surface area contributed by atoms with Crippen LogP contribution in [0.15, 0.2) is 23.4 Å². The summed E-state index contributed by atoms with van der Waals surface area (Å²) in [5, 5.41) is 3.83. The third-order valence-corrected chi connectivity index (χ3v) is 4.13. The Labute approximate surface area is 120 Å². The van der Waals surface area contributed by atoms with Crippen molar-refractivity contribution >= 4 is 17.7 Å². The Bertz CT molecular complexity index is 410. The van der Waals surface area contributed by atoms with Gasteiger partial charge in [-0.05, 0) is 36.1 Å². The van der Waals surface area contributed by atoms with Gasteiger partial charge in [0, 0.05) is 12.7 Å². The van der Waals surface area contributed by atoms with E-state index in [1.807, 2.05) is 12.3 Å². The molecular weight excluding hydrogens is 256 g/mol. The van der Waals surface area contributed by atoms with Crippen molar-refractivity contribution < 1.29 is 4.79 Å². The summed E-state index contributed by atoms with van der Waals surface area (Å²) in [6, 6.07) is 3.63. The highest BCUT2D eigenvalue weighted by Crippen LogP contribution is 2.20. The Morgan fingerprint density at radius 1 is 1.32 bits per heavy atom. The van der Waals surface area contributed by atoms with Crippen molar-refractivity contribution in [1.29, 1.82) is 0 Å². The minimum Gasteiger partial charge on any atom is -0.352 e. The highest BCUT2D eigenvalue weighted by Gasteiger charge is 2.19. The predicted octanol–water partition coefficient (Wildman–Crippen LogP) is 3.46. The fourth-order valence-corrected chi connectivity index (χ4v) is 2.82. The Morgan fingerprint density at radius 3 is 2.47 bits per heavy atom. The molecule has 0 bridgehead atoms. The number of thioether (sulfide) groups is 1. The first-order valence-corrected chi connectivity index (χ1v) is 7.97. The summed E-state index contributed by atoms with van der Waals surface area (Å²) in [5.74, 6) is 1.60. The number of pyridine rings is 1. The molecule has 0 fully saturated rings. The first-order chi connectivity index (χ1) is 8.97. The molecule has 1 heterocycles. The molecule has 0 atom stereocenters. The maximum absolute atomic E-state index is 12.2. The van der Waals surface area contributed by atoms with Gasteiger partial charge in [0.25, 0.3) is 5.91 Å². The van der Waals surface area contributed by atoms with E-state index in [-0.39, 0.29) is 5.91 Å². The third kappa shape index (κ3) is 4.53. The summed E-state index contributed by atoms with van der Waals surface area (Å²) in [6.45, 7) is 9.53. The van der Waals surface area contributed by atoms with Crippen LogP contribution in [0.5, 0.6) is 0 Å². The molecule has 0 saturated carbocycles. The number of nitrogens with one attached hydrogen (secondary N) is 1. The van der Waals surface area contributed by atoms with E-state index in [2.05, 4.69) is 38.0 Å². The second-order valence-corrected chi connectivity index (χ2v) is 6.22. The van der Waals surface area contributed by atoms with E-state index in [1.165, 1.54) is 11.8 Å². The van der Waals surface area contributed by atoms with Crippen molar-refractivity contribution in [1.82, 2.24) is 10.3 Å². The second kappa shape index (κ2) is 7.53. The molecule has 0 spiro atoms. The Kier molecular flexibility index (Phi) is 6.35. The fourth-order valence-electron chi connectivity index (χ4n) is 2.27. The third-order valence-electron chi connectivity index (χ3n) is 3.42. The molecule has 0 aliphatic carbocycles. The Balaban J connectivity index is 2.69. The molecule has 1 aromatic heterocycles. The lowest BCUT2D eigenvalue weighted by molar-refractivity contribution is 0.0933. The molecule has 0 aliphatic heterocycles. The van der Waals surface area contributed by atoms with Crippen LogP contribution >= 0.6 is 11.8 Å². The molecule has 4 heteroatoms. The van der Waals surface area contributed by atoms with E-state index < -0.39 is 0 Å². The normalized spacial score (nSPS) is 11.4. The van der Waals surface area contributed by atoms with Crippen LogP contribution in [0.2, 0.25) is 0 Å². The van der Waals surface area contributed by atoms with Crippen molar-refractivity contribution in [3.8, 4) is 0 Å². The molecule has 0 aliphatic rings. The highest BCUT2D eigenvalue weighted by molar-refractivity contribution is 7.98. The van der Waals surface area contributed by atoms with E-state index in [4.69, 9.17) is 0 Å². The summed E-state index contributed by atoms with van der Waals surface area (Å²) < 4.78 is 0. The van der Waals surface area contributed by atoms with Crippen LogP contribution in [-0.4, -0.2) is 23.7 Å². The van der Waals surface area contributed by atoms with Gasteiger partial charge in [0.05, 0.1) is 5.56 Å². The van der Waals surface area contributed by atoms with Gasteiger partial charge in [-0.2, -0.15) is 0 Å². The number of nitrogens with zero attached hydrogens (tertiary/aromatic N) is 1. The molecule has 0 saturated heterocycles. The summed E-state index contributed by atoms with van der Waals surface area (Å²) in [7, 11) is 0. The molecule has 19 heavy (non-hydrogen) atoms. The second-order valence-electron chi connectivity index (χ2n) is 5.42. The van der Waals surface area contributed by atoms with Gasteiger partial charge in [-0.1, -0.05) is 27.7 Å². The molecular formula is C15H24N2OS. The fraction of sp³-hybridized carbons (Fsp3) is 0.600. The van der Waals surface area contributed by atoms with Gasteiger partial charge in [-0.25, -0.2) is 4.98 Å². The van der Waals surface area contributed by atoms with Crippen molar-refractivity contribution in [2.24, 2.45) is 17.8 Å². The molecule has 1 aromatic rings. The van der Waals surface area contributed by atoms with Crippen LogP contribution in [0, 0.1) is 17.8 Å². The Morgan fingerprint density at radius 2 is 1.95 bits per heavy atom. The molecule has 1 rings (SSSR count). The SMILES string of the molecule is CSc1ncccc1C(=O)NCC(C(C)C)C(C)C. The molecule has 1 N–H and O–H groups in total. The van der Waals surface area contributed by atoms with E-state index in [9.17, 15) is 4.79 Å². The van der Waals surface area contributed by atoms with Crippen molar-refractivity contribution in [3.63, 3.8) is 0 Å². The Hall–Kier alpha value is -1.03. The first-order valence-electron chi connectivity index (χ1n) is 6.74. The molecule has 0 unspecified atom stereocenters. The van der Waals surface area contributed by atoms with Gasteiger partial charge in [-0.3, -0.25) is 4.79 Å². The number of carbonyl (C=O) groups is 1. The lowest BCUT2D eigenvalue weighted by Gasteiger charge is -2.25. The minimum absolute atomic E-state index is 0.0243. The number of hydrogen-bond acceptors (Lipinski definition) is 3. The quantitative estimate of drug-likeness (QED) is 0.811. The van der Waals surface area contributed by atoms with Gasteiger partial charge in [0.15, 0.2) is 0 Å². The summed E-state index contributed by atoms with van der Waals surface area (Å²) in [6.07, 6.45) is 3.65. The lowest BCUT2D eigenvalue weighted by Crippen LogP contribution is -2.34. The zero-order valence-electron chi connectivity index (χ0n) is 12.4. The topological polar surface area (TPSA) is 42.0 Å². The van der Waals surface area contributed by atoms with Crippen LogP contribution in [0.3, 0.4) is 0 Å². The van der Waals surface area contributed by atoms with Crippen LogP contribution < -0.4 is 5.32 Å². The van der Waals surface area contributed by atoms with Crippen LogP contribution in [0.1, 0.15) is 38.1 Å².